The van der Waals surface area contributed by atoms with E-state index in [1.807, 2.05) is 0 Å². The Morgan fingerprint density at radius 3 is 1.20 bits per heavy atom. The molecule has 89 heavy (non-hydrogen) atoms. The van der Waals surface area contributed by atoms with Crippen LogP contribution >= 0.6 is 0 Å². The van der Waals surface area contributed by atoms with E-state index in [1.165, 1.54) is 25.7 Å². The first-order chi connectivity index (χ1) is 41.9. The summed E-state index contributed by atoms with van der Waals surface area (Å²) in [6.45, 7) is 3.64. The fraction of sp³-hybridized carbons (Fsp3) is 0.712. The van der Waals surface area contributed by atoms with Gasteiger partial charge in [-0.2, -0.15) is 0 Å². The average molecular weight is 1270 g/mol. The van der Waals surface area contributed by atoms with E-state index in [-0.39, 0.29) is 115 Å². The van der Waals surface area contributed by atoms with Gasteiger partial charge in [-0.25, -0.2) is 0 Å². The Balaban J connectivity index is 3.44. The van der Waals surface area contributed by atoms with Crippen LogP contribution in [0.15, 0.2) is 15.0 Å². The monoisotopic (exact) mass is 1270 g/mol. The molecule has 1 fully saturated rings. The van der Waals surface area contributed by atoms with Crippen molar-refractivity contribution in [1.82, 2.24) is 52.8 Å². The molecule has 504 valence electrons. The summed E-state index contributed by atoms with van der Waals surface area (Å²) < 4.78 is 0. The molecule has 0 unspecified atom stereocenters. The molecule has 0 bridgehead atoms. The van der Waals surface area contributed by atoms with Gasteiger partial charge in [-0.15, -0.1) is 0 Å². The van der Waals surface area contributed by atoms with Crippen LogP contribution in [-0.4, -0.2) is 221 Å². The lowest BCUT2D eigenvalue weighted by molar-refractivity contribution is -0.142. The van der Waals surface area contributed by atoms with Crippen molar-refractivity contribution in [3.8, 4) is 0 Å². The Kier molecular flexibility index (Phi) is 37.1. The third kappa shape index (κ3) is 31.7. The molecule has 37 nitrogen and oxygen atoms in total. The quantitative estimate of drug-likeness (QED) is 0.0153. The molecule has 0 saturated carbocycles. The predicted molar refractivity (Wildman–Crippen MR) is 324 cm³/mol. The van der Waals surface area contributed by atoms with E-state index in [0.717, 1.165) is 0 Å². The molecule has 0 radical (unpaired) electrons. The van der Waals surface area contributed by atoms with Crippen LogP contribution in [0.1, 0.15) is 124 Å². The fourth-order valence-corrected chi connectivity index (χ4v) is 8.80. The zero-order chi connectivity index (χ0) is 67.3. The van der Waals surface area contributed by atoms with Gasteiger partial charge in [0.1, 0.15) is 67.0 Å². The number of carbonyl (C=O) groups is 12. The maximum absolute atomic E-state index is 14.2. The van der Waals surface area contributed by atoms with E-state index in [2.05, 4.69) is 62.8 Å². The largest absolute Gasteiger partial charge is 0.481 e. The highest BCUT2D eigenvalue weighted by Crippen LogP contribution is 2.20. The summed E-state index contributed by atoms with van der Waals surface area (Å²) in [4.78, 5) is 173. The molecule has 0 spiro atoms. The topological polar surface area (TPSA) is 648 Å². The van der Waals surface area contributed by atoms with E-state index in [9.17, 15) is 67.7 Å². The number of nitrogens with two attached hydrogens (primary N) is 9. The molecular weight excluding hydrogens is 1170 g/mol. The second-order valence-electron chi connectivity index (χ2n) is 21.2. The van der Waals surface area contributed by atoms with Crippen molar-refractivity contribution >= 4 is 88.9 Å². The maximum Gasteiger partial charge on any atom is 0.322 e. The summed E-state index contributed by atoms with van der Waals surface area (Å²) in [5.74, 6) is -12.2. The zero-order valence-corrected chi connectivity index (χ0v) is 50.8. The minimum absolute atomic E-state index is 0.00690. The lowest BCUT2D eigenvalue weighted by Crippen LogP contribution is -2.60. The third-order valence-electron chi connectivity index (χ3n) is 13.7. The van der Waals surface area contributed by atoms with Gasteiger partial charge < -0.3 is 120 Å². The minimum Gasteiger partial charge on any atom is -0.481 e. The van der Waals surface area contributed by atoms with Crippen molar-refractivity contribution in [2.75, 3.05) is 45.8 Å². The van der Waals surface area contributed by atoms with Crippen molar-refractivity contribution in [2.45, 2.75) is 190 Å². The van der Waals surface area contributed by atoms with Gasteiger partial charge in [-0.05, 0) is 130 Å². The second kappa shape index (κ2) is 42.2. The number of amides is 10. The first-order valence-corrected chi connectivity index (χ1v) is 29.4. The summed E-state index contributed by atoms with van der Waals surface area (Å²) in [5, 5.41) is 51.1. The second-order valence-corrected chi connectivity index (χ2v) is 21.2. The normalized spacial score (nSPS) is 16.0. The highest BCUT2D eigenvalue weighted by molar-refractivity contribution is 5.99. The van der Waals surface area contributed by atoms with Gasteiger partial charge in [0.25, 0.3) is 0 Å². The van der Waals surface area contributed by atoms with E-state index in [1.54, 1.807) is 0 Å². The summed E-state index contributed by atoms with van der Waals surface area (Å²) >= 11 is 0. The summed E-state index contributed by atoms with van der Waals surface area (Å²) in [7, 11) is 0. The zero-order valence-electron chi connectivity index (χ0n) is 50.8. The molecule has 11 atom stereocenters. The number of carboxylic acids is 2. The van der Waals surface area contributed by atoms with Crippen LogP contribution < -0.4 is 99.5 Å². The molecule has 1 heterocycles. The standard InChI is InChI=1S/C52H96N22O15/c1-27(67-43(83)35(18-19-37(76)77)72-47(87)34(16-10-24-64-52(60)61)73-48(88)36-17-11-25-74(36)49(89)39(55)29(3)75)40(80)66-28(2)41(81)68-33(15-9-23-63-51(58)59)46(86)71-32(13-5-7-21-54)45(85)70-31(12-4-6-20-53)44(84)69-30(14-8-22-62-50(56)57)42(82)65-26-38(78)79/h27-36,39,75H,4-26,53-55H2,1-3H3,(H,65,82)(H,66,80)(H,67,83)(H,68,81)(H,69,84)(H,70,85)(H,71,86)(H,72,87)(H,73,88)(H,76,77)(H,78,79)(H4,56,57,62)(H4,58,59,63)(H4,60,61,64)/t27-,28-,29+,30-,31-,32-,33-,34-,35-,36-,39-/m0/s1. The predicted octanol–water partition coefficient (Wildman–Crippen LogP) is -8.91. The number of likely N-dealkylation sites (tertiary alicyclic amines) is 1. The molecule has 0 aliphatic carbocycles. The SMILES string of the molecule is C[C@H](NC(=O)[C@H](C)NC(=O)[C@H](CCC(=O)O)NC(=O)[C@H](CCCN=C(N)N)NC(=O)[C@@H]1CCCN1C(=O)[C@@H](N)[C@@H](C)O)C(=O)N[C@@H](CCCN=C(N)N)C(=O)N[C@@H](CCCCN)C(=O)N[C@@H](CCCCN)C(=O)N[C@@H](CCCN=C(N)N)C(=O)NCC(=O)O. The van der Waals surface area contributed by atoms with Gasteiger partial charge in [-0.1, -0.05) is 0 Å². The number of hydrogen-bond donors (Lipinski definition) is 21. The van der Waals surface area contributed by atoms with Crippen molar-refractivity contribution < 1.29 is 72.9 Å². The van der Waals surface area contributed by atoms with Gasteiger partial charge in [0.2, 0.25) is 59.1 Å². The number of nitrogens with one attached hydrogen (secondary N) is 9. The molecule has 1 saturated heterocycles. The van der Waals surface area contributed by atoms with Gasteiger partial charge >= 0.3 is 11.9 Å². The molecule has 0 aromatic carbocycles. The van der Waals surface area contributed by atoms with Gasteiger partial charge in [0.05, 0.1) is 6.10 Å². The first-order valence-electron chi connectivity index (χ1n) is 29.4. The van der Waals surface area contributed by atoms with E-state index >= 15 is 0 Å². The Morgan fingerprint density at radius 1 is 0.472 bits per heavy atom. The molecule has 37 heteroatoms. The number of unbranched alkanes of at least 4 members (excludes halogenated alkanes) is 2. The number of aliphatic carboxylic acids is 2. The number of nitrogens with zero attached hydrogens (tertiary/aromatic N) is 4. The van der Waals surface area contributed by atoms with E-state index in [4.69, 9.17) is 56.7 Å². The lowest BCUT2D eigenvalue weighted by Gasteiger charge is -2.29. The van der Waals surface area contributed by atoms with E-state index < -0.39 is 157 Å². The van der Waals surface area contributed by atoms with Gasteiger partial charge in [0, 0.05) is 32.6 Å². The number of guanidine groups is 3. The van der Waals surface area contributed by atoms with Gasteiger partial charge in [0.15, 0.2) is 17.9 Å². The van der Waals surface area contributed by atoms with Crippen molar-refractivity contribution in [2.24, 2.45) is 66.6 Å². The maximum atomic E-state index is 14.2. The smallest absolute Gasteiger partial charge is 0.322 e. The number of aliphatic hydroxyl groups is 1. The van der Waals surface area contributed by atoms with Crippen LogP contribution in [0.25, 0.3) is 0 Å². The van der Waals surface area contributed by atoms with Crippen molar-refractivity contribution in [1.29, 1.82) is 0 Å². The van der Waals surface area contributed by atoms with Crippen LogP contribution in [0, 0.1) is 0 Å². The molecule has 0 aromatic heterocycles. The Labute approximate surface area is 515 Å². The van der Waals surface area contributed by atoms with E-state index in [0.29, 0.717) is 32.1 Å². The molecule has 30 N–H and O–H groups in total. The Hall–Kier alpha value is -8.71. The molecule has 1 aliphatic heterocycles. The molecule has 10 amide bonds. The van der Waals surface area contributed by atoms with Crippen LogP contribution in [0.2, 0.25) is 0 Å². The summed E-state index contributed by atoms with van der Waals surface area (Å²) in [6.07, 6.45) is -0.339. The number of rotatable bonds is 44. The van der Waals surface area contributed by atoms with Crippen LogP contribution in [0.3, 0.4) is 0 Å². The Bertz CT molecular complexity index is 2460. The number of hydrogen-bond acceptors (Lipinski definition) is 19. The number of aliphatic hydroxyl groups excluding tert-OH is 1. The summed E-state index contributed by atoms with van der Waals surface area (Å²) in [6, 6.07) is -13.8. The molecule has 0 aromatic rings. The summed E-state index contributed by atoms with van der Waals surface area (Å²) in [5.41, 5.74) is 50.0. The molecule has 1 rings (SSSR count). The minimum atomic E-state index is -1.63. The average Bonchev–Trinajstić information content (AvgIpc) is 2.26. The van der Waals surface area contributed by atoms with Crippen molar-refractivity contribution in [3.05, 3.63) is 0 Å². The first kappa shape index (κ1) is 78.3. The third-order valence-corrected chi connectivity index (χ3v) is 13.7. The molecular formula is C52H96N22O15. The van der Waals surface area contributed by atoms with Gasteiger partial charge in [-0.3, -0.25) is 72.5 Å². The number of aliphatic imine (C=N–C) groups is 3. The molecule has 1 aliphatic rings. The van der Waals surface area contributed by atoms with Crippen LogP contribution in [0.4, 0.5) is 0 Å². The number of carboxylic acid groups (broad SMARTS) is 2. The highest BCUT2D eigenvalue weighted by atomic mass is 16.4. The van der Waals surface area contributed by atoms with Crippen LogP contribution in [0.5, 0.6) is 0 Å². The number of carbonyl (C=O) groups excluding carboxylic acids is 10. The van der Waals surface area contributed by atoms with Crippen LogP contribution in [-0.2, 0) is 57.5 Å². The highest BCUT2D eigenvalue weighted by Gasteiger charge is 2.40. The van der Waals surface area contributed by atoms with Crippen molar-refractivity contribution in [3.63, 3.8) is 0 Å². The lowest BCUT2D eigenvalue weighted by atomic mass is 10.0. The fourth-order valence-electron chi connectivity index (χ4n) is 8.80. The Morgan fingerprint density at radius 2 is 0.820 bits per heavy atom.